The van der Waals surface area contributed by atoms with Gasteiger partial charge in [-0.05, 0) is 74.0 Å². The number of thiophene rings is 2. The van der Waals surface area contributed by atoms with E-state index in [2.05, 4.69) is 38.4 Å². The van der Waals surface area contributed by atoms with Crippen LogP contribution in [0.15, 0.2) is 73.1 Å². The van der Waals surface area contributed by atoms with E-state index in [1.54, 1.807) is 24.8 Å². The molecule has 0 bridgehead atoms. The third-order valence-electron chi connectivity index (χ3n) is 6.71. The van der Waals surface area contributed by atoms with Crippen molar-refractivity contribution >= 4 is 44.4 Å². The van der Waals surface area contributed by atoms with Crippen molar-refractivity contribution in [3.8, 4) is 21.3 Å². The van der Waals surface area contributed by atoms with Crippen LogP contribution in [0, 0.1) is 0 Å². The standard InChI is InChI=1S/C30H30N4O2S2/c1-35-23-10-8-21(9-11-23)19-36-24-7-5-6-22(16-24)33-30-29-26(31-20-32-30)17-28(38-29)27-13-12-25(37-27)18-34-14-3-2-4-15-34/h5-13,16-17,20H,2-4,14-15,18-19H2,1H3,(H,31,32,33). The molecule has 6 rings (SSSR count). The third-order valence-corrected chi connectivity index (χ3v) is 9.10. The summed E-state index contributed by atoms with van der Waals surface area (Å²) >= 11 is 3.63. The van der Waals surface area contributed by atoms with Gasteiger partial charge in [0, 0.05) is 32.9 Å². The summed E-state index contributed by atoms with van der Waals surface area (Å²) in [5, 5.41) is 3.48. The molecular weight excluding hydrogens is 512 g/mol. The number of nitrogens with one attached hydrogen (secondary N) is 1. The lowest BCUT2D eigenvalue weighted by molar-refractivity contribution is 0.222. The largest absolute Gasteiger partial charge is 0.497 e. The lowest BCUT2D eigenvalue weighted by atomic mass is 10.1. The maximum Gasteiger partial charge on any atom is 0.151 e. The van der Waals surface area contributed by atoms with Crippen LogP contribution in [0.25, 0.3) is 20.0 Å². The summed E-state index contributed by atoms with van der Waals surface area (Å²) in [6, 6.07) is 22.6. The van der Waals surface area contributed by atoms with Gasteiger partial charge in [0.1, 0.15) is 24.4 Å². The average molecular weight is 543 g/mol. The van der Waals surface area contributed by atoms with Crippen LogP contribution in [0.3, 0.4) is 0 Å². The highest BCUT2D eigenvalue weighted by atomic mass is 32.1. The molecule has 5 aromatic rings. The van der Waals surface area contributed by atoms with Gasteiger partial charge in [-0.2, -0.15) is 0 Å². The van der Waals surface area contributed by atoms with Gasteiger partial charge in [0.2, 0.25) is 0 Å². The van der Waals surface area contributed by atoms with Crippen molar-refractivity contribution in [1.29, 1.82) is 0 Å². The van der Waals surface area contributed by atoms with Crippen molar-refractivity contribution in [2.45, 2.75) is 32.4 Å². The van der Waals surface area contributed by atoms with Crippen molar-refractivity contribution in [3.05, 3.63) is 83.5 Å². The fourth-order valence-electron chi connectivity index (χ4n) is 4.69. The molecule has 2 aromatic carbocycles. The molecule has 1 fully saturated rings. The first-order valence-corrected chi connectivity index (χ1v) is 14.6. The van der Waals surface area contributed by atoms with Gasteiger partial charge in [-0.25, -0.2) is 9.97 Å². The van der Waals surface area contributed by atoms with E-state index < -0.39 is 0 Å². The minimum Gasteiger partial charge on any atom is -0.497 e. The molecule has 0 aliphatic carbocycles. The molecule has 0 saturated carbocycles. The Morgan fingerprint density at radius 2 is 1.74 bits per heavy atom. The molecule has 0 spiro atoms. The van der Waals surface area contributed by atoms with Crippen LogP contribution in [0.4, 0.5) is 11.5 Å². The van der Waals surface area contributed by atoms with Crippen LogP contribution in [0.1, 0.15) is 29.7 Å². The van der Waals surface area contributed by atoms with E-state index in [9.17, 15) is 0 Å². The van der Waals surface area contributed by atoms with Crippen LogP contribution in [0.5, 0.6) is 11.5 Å². The second kappa shape index (κ2) is 11.5. The monoisotopic (exact) mass is 542 g/mol. The smallest absolute Gasteiger partial charge is 0.151 e. The van der Waals surface area contributed by atoms with Gasteiger partial charge in [0.25, 0.3) is 0 Å². The van der Waals surface area contributed by atoms with E-state index in [0.29, 0.717) is 6.61 Å². The molecule has 3 aromatic heterocycles. The Bertz CT molecular complexity index is 1510. The zero-order chi connectivity index (χ0) is 25.7. The van der Waals surface area contributed by atoms with Crippen LogP contribution >= 0.6 is 22.7 Å². The van der Waals surface area contributed by atoms with Crippen molar-refractivity contribution in [2.24, 2.45) is 0 Å². The van der Waals surface area contributed by atoms with Crippen LogP contribution < -0.4 is 14.8 Å². The molecule has 0 atom stereocenters. The number of methoxy groups -OCH3 is 1. The Kier molecular flexibility index (Phi) is 7.53. The Hall–Kier alpha value is -3.46. The molecule has 4 heterocycles. The maximum absolute atomic E-state index is 6.04. The Morgan fingerprint density at radius 3 is 2.58 bits per heavy atom. The Balaban J connectivity index is 1.16. The maximum atomic E-state index is 6.04. The third kappa shape index (κ3) is 5.83. The number of ether oxygens (including phenoxy) is 2. The van der Waals surface area contributed by atoms with E-state index in [-0.39, 0.29) is 0 Å². The highest BCUT2D eigenvalue weighted by molar-refractivity contribution is 7.26. The molecule has 0 unspecified atom stereocenters. The SMILES string of the molecule is COc1ccc(COc2cccc(Nc3ncnc4cc(-c5ccc(CN6CCCCC6)s5)sc34)c2)cc1. The molecule has 194 valence electrons. The molecule has 6 nitrogen and oxygen atoms in total. The minimum atomic E-state index is 0.486. The Labute approximate surface area is 230 Å². The molecule has 0 amide bonds. The summed E-state index contributed by atoms with van der Waals surface area (Å²) < 4.78 is 12.3. The lowest BCUT2D eigenvalue weighted by Crippen LogP contribution is -2.28. The number of benzene rings is 2. The quantitative estimate of drug-likeness (QED) is 0.206. The number of nitrogens with zero attached hydrogens (tertiary/aromatic N) is 3. The minimum absolute atomic E-state index is 0.486. The van der Waals surface area contributed by atoms with Crippen molar-refractivity contribution in [3.63, 3.8) is 0 Å². The number of likely N-dealkylation sites (tertiary alicyclic amines) is 1. The molecule has 1 N–H and O–H groups in total. The number of hydrogen-bond acceptors (Lipinski definition) is 8. The van der Waals surface area contributed by atoms with Crippen LogP contribution in [-0.2, 0) is 13.2 Å². The molecule has 1 aliphatic rings. The number of piperidine rings is 1. The van der Waals surface area contributed by atoms with Crippen molar-refractivity contribution in [2.75, 3.05) is 25.5 Å². The van der Waals surface area contributed by atoms with E-state index in [4.69, 9.17) is 9.47 Å². The van der Waals surface area contributed by atoms with E-state index in [1.807, 2.05) is 59.9 Å². The van der Waals surface area contributed by atoms with Gasteiger partial charge < -0.3 is 14.8 Å². The fraction of sp³-hybridized carbons (Fsp3) is 0.267. The molecule has 8 heteroatoms. The van der Waals surface area contributed by atoms with Gasteiger partial charge in [-0.15, -0.1) is 22.7 Å². The predicted octanol–water partition coefficient (Wildman–Crippen LogP) is 7.74. The van der Waals surface area contributed by atoms with Gasteiger partial charge in [0.05, 0.1) is 17.3 Å². The number of anilines is 2. The summed E-state index contributed by atoms with van der Waals surface area (Å²) in [5.41, 5.74) is 2.97. The summed E-state index contributed by atoms with van der Waals surface area (Å²) in [6.45, 7) is 3.97. The topological polar surface area (TPSA) is 59.5 Å². The van der Waals surface area contributed by atoms with Crippen LogP contribution in [0.2, 0.25) is 0 Å². The highest BCUT2D eigenvalue weighted by Crippen LogP contribution is 2.39. The van der Waals surface area contributed by atoms with Gasteiger partial charge >= 0.3 is 0 Å². The normalized spacial score (nSPS) is 14.0. The molecule has 1 aliphatic heterocycles. The van der Waals surface area contributed by atoms with Crippen molar-refractivity contribution in [1.82, 2.24) is 14.9 Å². The molecule has 0 radical (unpaired) electrons. The summed E-state index contributed by atoms with van der Waals surface area (Å²) in [7, 11) is 1.67. The fourth-order valence-corrected chi connectivity index (χ4v) is 6.87. The Morgan fingerprint density at radius 1 is 0.868 bits per heavy atom. The van der Waals surface area contributed by atoms with E-state index in [1.165, 1.54) is 47.0 Å². The van der Waals surface area contributed by atoms with Crippen LogP contribution in [-0.4, -0.2) is 35.1 Å². The number of aromatic nitrogens is 2. The summed E-state index contributed by atoms with van der Waals surface area (Å²) in [5.74, 6) is 2.44. The van der Waals surface area contributed by atoms with E-state index >= 15 is 0 Å². The first-order valence-electron chi connectivity index (χ1n) is 12.9. The lowest BCUT2D eigenvalue weighted by Gasteiger charge is -2.25. The second-order valence-corrected chi connectivity index (χ2v) is 11.7. The summed E-state index contributed by atoms with van der Waals surface area (Å²) in [4.78, 5) is 15.6. The number of hydrogen-bond donors (Lipinski definition) is 1. The zero-order valence-electron chi connectivity index (χ0n) is 21.4. The van der Waals surface area contributed by atoms with Gasteiger partial charge in [-0.3, -0.25) is 4.90 Å². The second-order valence-electron chi connectivity index (χ2n) is 9.44. The molecule has 38 heavy (non-hydrogen) atoms. The van der Waals surface area contributed by atoms with Crippen molar-refractivity contribution < 1.29 is 9.47 Å². The first-order chi connectivity index (χ1) is 18.7. The first kappa shape index (κ1) is 24.9. The highest BCUT2D eigenvalue weighted by Gasteiger charge is 2.15. The molecule has 1 saturated heterocycles. The molecular formula is C30H30N4O2S2. The number of fused-ring (bicyclic) bond motifs is 1. The van der Waals surface area contributed by atoms with Gasteiger partial charge in [-0.1, -0.05) is 24.6 Å². The summed E-state index contributed by atoms with van der Waals surface area (Å²) in [6.07, 6.45) is 5.63. The predicted molar refractivity (Wildman–Crippen MR) is 157 cm³/mol. The average Bonchev–Trinajstić information content (AvgIpc) is 3.61. The van der Waals surface area contributed by atoms with Gasteiger partial charge in [0.15, 0.2) is 5.82 Å². The number of rotatable bonds is 9. The zero-order valence-corrected chi connectivity index (χ0v) is 23.0. The van der Waals surface area contributed by atoms with E-state index in [0.717, 1.165) is 45.3 Å².